The number of hydrogen-bond donors (Lipinski definition) is 1. The van der Waals surface area contributed by atoms with Gasteiger partial charge in [0, 0.05) is 6.92 Å². The predicted octanol–water partition coefficient (Wildman–Crippen LogP) is 3.44. The number of carbonyl (C=O) groups excluding carboxylic acids is 2. The summed E-state index contributed by atoms with van der Waals surface area (Å²) < 4.78 is 10.6. The highest BCUT2D eigenvalue weighted by Crippen LogP contribution is 2.22. The van der Waals surface area contributed by atoms with E-state index in [4.69, 9.17) is 21.1 Å². The quantitative estimate of drug-likeness (QED) is 0.467. The number of rotatable bonds is 7. The third-order valence-corrected chi connectivity index (χ3v) is 3.36. The molecule has 0 aromatic heterocycles. The lowest BCUT2D eigenvalue weighted by molar-refractivity contribution is -0.141. The number of ether oxygens (including phenoxy) is 2. The van der Waals surface area contributed by atoms with Crippen LogP contribution in [-0.2, 0) is 14.3 Å². The highest BCUT2D eigenvalue weighted by molar-refractivity contribution is 6.32. The Balaban J connectivity index is 1.92. The number of amides is 1. The van der Waals surface area contributed by atoms with E-state index in [2.05, 4.69) is 5.32 Å². The van der Waals surface area contributed by atoms with Crippen molar-refractivity contribution in [1.29, 1.82) is 0 Å². The minimum absolute atomic E-state index is 0.0236. The maximum absolute atomic E-state index is 12.2. The molecule has 0 aliphatic heterocycles. The van der Waals surface area contributed by atoms with E-state index in [0.29, 0.717) is 10.8 Å². The lowest BCUT2D eigenvalue weighted by Gasteiger charge is -2.10. The van der Waals surface area contributed by atoms with Gasteiger partial charge in [-0.3, -0.25) is 4.79 Å². The Bertz CT molecular complexity index is 759. The topological polar surface area (TPSA) is 64.6 Å². The van der Waals surface area contributed by atoms with Gasteiger partial charge < -0.3 is 14.8 Å². The molecule has 2 aromatic carbocycles. The second-order valence-corrected chi connectivity index (χ2v) is 5.47. The monoisotopic (exact) mass is 359 g/mol. The molecule has 0 saturated carbocycles. The molecule has 6 heteroatoms. The smallest absolute Gasteiger partial charge is 0.354 e. The van der Waals surface area contributed by atoms with Crippen molar-refractivity contribution >= 4 is 29.6 Å². The normalized spacial score (nSPS) is 10.9. The number of para-hydroxylation sites is 1. The van der Waals surface area contributed by atoms with Crippen molar-refractivity contribution in [3.63, 3.8) is 0 Å². The first-order chi connectivity index (χ1) is 12.1. The van der Waals surface area contributed by atoms with Gasteiger partial charge in [-0.25, -0.2) is 4.79 Å². The van der Waals surface area contributed by atoms with Crippen LogP contribution in [0.1, 0.15) is 12.5 Å². The fourth-order valence-corrected chi connectivity index (χ4v) is 2.17. The Morgan fingerprint density at radius 2 is 1.72 bits per heavy atom. The van der Waals surface area contributed by atoms with Gasteiger partial charge in [-0.05, 0) is 23.8 Å². The van der Waals surface area contributed by atoms with Crippen LogP contribution in [0.2, 0.25) is 5.02 Å². The molecule has 0 fully saturated rings. The van der Waals surface area contributed by atoms with Crippen LogP contribution in [0.15, 0.2) is 60.3 Å². The number of benzene rings is 2. The third kappa shape index (κ3) is 6.31. The molecule has 1 amide bonds. The minimum atomic E-state index is -0.637. The summed E-state index contributed by atoms with van der Waals surface area (Å²) in [5.41, 5.74) is 0.840. The molecule has 25 heavy (non-hydrogen) atoms. The molecular formula is C19H18ClNO4. The van der Waals surface area contributed by atoms with E-state index in [-0.39, 0.29) is 24.8 Å². The van der Waals surface area contributed by atoms with Crippen LogP contribution in [0.3, 0.4) is 0 Å². The summed E-state index contributed by atoms with van der Waals surface area (Å²) in [7, 11) is 0. The van der Waals surface area contributed by atoms with Gasteiger partial charge in [0.1, 0.15) is 24.7 Å². The van der Waals surface area contributed by atoms with Gasteiger partial charge in [0.25, 0.3) is 0 Å². The van der Waals surface area contributed by atoms with Crippen LogP contribution in [0, 0.1) is 0 Å². The summed E-state index contributed by atoms with van der Waals surface area (Å²) in [6.07, 6.45) is 1.55. The van der Waals surface area contributed by atoms with Gasteiger partial charge in [-0.2, -0.15) is 0 Å². The average molecular weight is 360 g/mol. The lowest BCUT2D eigenvalue weighted by Crippen LogP contribution is -2.27. The molecule has 0 bridgehead atoms. The van der Waals surface area contributed by atoms with Crippen molar-refractivity contribution < 1.29 is 19.1 Å². The molecule has 0 atom stereocenters. The highest BCUT2D eigenvalue weighted by Gasteiger charge is 2.13. The lowest BCUT2D eigenvalue weighted by atomic mass is 10.2. The van der Waals surface area contributed by atoms with E-state index < -0.39 is 5.97 Å². The molecule has 1 N–H and O–H groups in total. The first kappa shape index (κ1) is 18.5. The van der Waals surface area contributed by atoms with E-state index >= 15 is 0 Å². The molecule has 0 saturated heterocycles. The number of nitrogens with one attached hydrogen (secondary N) is 1. The van der Waals surface area contributed by atoms with Crippen molar-refractivity contribution in [2.75, 3.05) is 13.2 Å². The maximum atomic E-state index is 12.2. The van der Waals surface area contributed by atoms with Gasteiger partial charge in [-0.1, -0.05) is 54.1 Å². The summed E-state index contributed by atoms with van der Waals surface area (Å²) in [6, 6.07) is 16.2. The van der Waals surface area contributed by atoms with Crippen LogP contribution >= 0.6 is 11.6 Å². The van der Waals surface area contributed by atoms with Gasteiger partial charge in [-0.15, -0.1) is 0 Å². The molecule has 0 aliphatic carbocycles. The van der Waals surface area contributed by atoms with Crippen molar-refractivity contribution in [3.05, 3.63) is 70.9 Å². The van der Waals surface area contributed by atoms with Gasteiger partial charge >= 0.3 is 5.97 Å². The Labute approximate surface area is 151 Å². The first-order valence-corrected chi connectivity index (χ1v) is 8.03. The van der Waals surface area contributed by atoms with Gasteiger partial charge in [0.2, 0.25) is 5.91 Å². The summed E-state index contributed by atoms with van der Waals surface area (Å²) in [6.45, 7) is 1.50. The van der Waals surface area contributed by atoms with Crippen molar-refractivity contribution in [1.82, 2.24) is 5.32 Å². The van der Waals surface area contributed by atoms with Crippen molar-refractivity contribution in [2.45, 2.75) is 6.92 Å². The van der Waals surface area contributed by atoms with Crippen LogP contribution in [-0.4, -0.2) is 25.1 Å². The maximum Gasteiger partial charge on any atom is 0.354 e. The molecule has 0 heterocycles. The second-order valence-electron chi connectivity index (χ2n) is 5.06. The molecule has 0 unspecified atom stereocenters. The highest BCUT2D eigenvalue weighted by atomic mass is 35.5. The van der Waals surface area contributed by atoms with Crippen molar-refractivity contribution in [3.8, 4) is 5.75 Å². The molecule has 0 aliphatic rings. The SMILES string of the molecule is CC(=O)N/C(=C\c1ccccc1)C(=O)OCCOc1ccccc1Cl. The third-order valence-electron chi connectivity index (χ3n) is 3.05. The fraction of sp³-hybridized carbons (Fsp3) is 0.158. The molecule has 2 rings (SSSR count). The van der Waals surface area contributed by atoms with E-state index in [1.807, 2.05) is 30.3 Å². The zero-order valence-corrected chi connectivity index (χ0v) is 14.5. The Morgan fingerprint density at radius 1 is 1.04 bits per heavy atom. The fourth-order valence-electron chi connectivity index (χ4n) is 1.98. The minimum Gasteiger partial charge on any atom is -0.488 e. The molecule has 0 radical (unpaired) electrons. The van der Waals surface area contributed by atoms with Crippen molar-refractivity contribution in [2.24, 2.45) is 0 Å². The molecule has 130 valence electrons. The summed E-state index contributed by atoms with van der Waals surface area (Å²) in [5, 5.41) is 2.96. The van der Waals surface area contributed by atoms with Crippen LogP contribution in [0.4, 0.5) is 0 Å². The predicted molar refractivity (Wildman–Crippen MR) is 96.1 cm³/mol. The Kier molecular flexibility index (Phi) is 7.04. The number of esters is 1. The van der Waals surface area contributed by atoms with E-state index in [1.54, 1.807) is 30.3 Å². The molecular weight excluding hydrogens is 342 g/mol. The number of hydrogen-bond acceptors (Lipinski definition) is 4. The Morgan fingerprint density at radius 3 is 2.40 bits per heavy atom. The second kappa shape index (κ2) is 9.49. The molecule has 2 aromatic rings. The first-order valence-electron chi connectivity index (χ1n) is 7.65. The van der Waals surface area contributed by atoms with E-state index in [0.717, 1.165) is 5.56 Å². The van der Waals surface area contributed by atoms with E-state index in [1.165, 1.54) is 6.92 Å². The van der Waals surface area contributed by atoms with Gasteiger partial charge in [0.15, 0.2) is 0 Å². The van der Waals surface area contributed by atoms with E-state index in [9.17, 15) is 9.59 Å². The number of halogens is 1. The zero-order chi connectivity index (χ0) is 18.1. The standard InChI is InChI=1S/C19H18ClNO4/c1-14(22)21-17(13-15-7-3-2-4-8-15)19(23)25-12-11-24-18-10-6-5-9-16(18)20/h2-10,13H,11-12H2,1H3,(H,21,22)/b17-13-. The molecule has 0 spiro atoms. The van der Waals surface area contributed by atoms with Gasteiger partial charge in [0.05, 0.1) is 5.02 Å². The zero-order valence-electron chi connectivity index (χ0n) is 13.7. The summed E-state index contributed by atoms with van der Waals surface area (Å²) in [4.78, 5) is 23.5. The summed E-state index contributed by atoms with van der Waals surface area (Å²) in [5.74, 6) is -0.476. The summed E-state index contributed by atoms with van der Waals surface area (Å²) >= 11 is 5.97. The van der Waals surface area contributed by atoms with Crippen LogP contribution in [0.5, 0.6) is 5.75 Å². The number of carbonyl (C=O) groups is 2. The largest absolute Gasteiger partial charge is 0.488 e. The average Bonchev–Trinajstić information content (AvgIpc) is 2.60. The van der Waals surface area contributed by atoms with Crippen LogP contribution < -0.4 is 10.1 Å². The molecule has 5 nitrogen and oxygen atoms in total. The Hall–Kier alpha value is -2.79. The van der Waals surface area contributed by atoms with Crippen LogP contribution in [0.25, 0.3) is 6.08 Å².